The van der Waals surface area contributed by atoms with Crippen LogP contribution in [0.1, 0.15) is 43.9 Å². The summed E-state index contributed by atoms with van der Waals surface area (Å²) in [5, 5.41) is 9.23. The summed E-state index contributed by atoms with van der Waals surface area (Å²) < 4.78 is 27.6. The van der Waals surface area contributed by atoms with Crippen molar-refractivity contribution < 1.29 is 13.5 Å². The second-order valence-corrected chi connectivity index (χ2v) is 7.77. The van der Waals surface area contributed by atoms with E-state index in [-0.39, 0.29) is 16.9 Å². The van der Waals surface area contributed by atoms with Gasteiger partial charge in [0.05, 0.1) is 11.5 Å². The van der Waals surface area contributed by atoms with Gasteiger partial charge < -0.3 is 5.11 Å². The van der Waals surface area contributed by atoms with E-state index in [1.54, 1.807) is 13.0 Å². The van der Waals surface area contributed by atoms with E-state index in [4.69, 9.17) is 0 Å². The van der Waals surface area contributed by atoms with Gasteiger partial charge in [-0.3, -0.25) is 0 Å². The van der Waals surface area contributed by atoms with Crippen molar-refractivity contribution in [3.05, 3.63) is 28.8 Å². The molecular weight excluding hydrogens is 274 g/mol. The van der Waals surface area contributed by atoms with Crippen LogP contribution in [-0.4, -0.2) is 20.1 Å². The maximum Gasteiger partial charge on any atom is 0.240 e. The first-order valence-electron chi connectivity index (χ1n) is 6.83. The predicted molar refractivity (Wildman–Crippen MR) is 81.1 cm³/mol. The zero-order valence-electron chi connectivity index (χ0n) is 12.9. The number of benzene rings is 1. The highest BCUT2D eigenvalue weighted by molar-refractivity contribution is 7.89. The van der Waals surface area contributed by atoms with E-state index in [0.29, 0.717) is 12.1 Å². The first kappa shape index (κ1) is 17.1. The smallest absolute Gasteiger partial charge is 0.240 e. The van der Waals surface area contributed by atoms with E-state index < -0.39 is 10.0 Å². The molecule has 0 heterocycles. The van der Waals surface area contributed by atoms with Gasteiger partial charge in [-0.15, -0.1) is 0 Å². The standard InChI is InChI=1S/C15H25NO3S/c1-6-15(4,5)10-16-20(18,19)14-8-13(9-17)7-11(2)12(14)3/h7-8,16-17H,6,9-10H2,1-5H3. The van der Waals surface area contributed by atoms with E-state index >= 15 is 0 Å². The summed E-state index contributed by atoms with van der Waals surface area (Å²) in [6.45, 7) is 9.96. The van der Waals surface area contributed by atoms with Crippen molar-refractivity contribution in [1.82, 2.24) is 4.72 Å². The van der Waals surface area contributed by atoms with Crippen molar-refractivity contribution >= 4 is 10.0 Å². The molecule has 4 nitrogen and oxygen atoms in total. The predicted octanol–water partition coefficient (Wildman–Crippen LogP) is 2.51. The second kappa shape index (κ2) is 6.24. The molecular formula is C15H25NO3S. The highest BCUT2D eigenvalue weighted by atomic mass is 32.2. The lowest BCUT2D eigenvalue weighted by Crippen LogP contribution is -2.34. The lowest BCUT2D eigenvalue weighted by atomic mass is 9.91. The summed E-state index contributed by atoms with van der Waals surface area (Å²) in [6, 6.07) is 3.36. The Hall–Kier alpha value is -0.910. The molecule has 20 heavy (non-hydrogen) atoms. The lowest BCUT2D eigenvalue weighted by Gasteiger charge is -2.23. The van der Waals surface area contributed by atoms with Gasteiger partial charge in [-0.05, 0) is 48.4 Å². The molecule has 0 fully saturated rings. The molecule has 0 spiro atoms. The zero-order chi connectivity index (χ0) is 15.6. The molecule has 0 unspecified atom stereocenters. The van der Waals surface area contributed by atoms with Crippen molar-refractivity contribution in [1.29, 1.82) is 0 Å². The summed E-state index contributed by atoms with van der Waals surface area (Å²) in [7, 11) is -3.55. The highest BCUT2D eigenvalue weighted by Crippen LogP contribution is 2.23. The number of aliphatic hydroxyl groups is 1. The number of sulfonamides is 1. The topological polar surface area (TPSA) is 66.4 Å². The molecule has 1 aromatic carbocycles. The van der Waals surface area contributed by atoms with Crippen LogP contribution in [0.4, 0.5) is 0 Å². The van der Waals surface area contributed by atoms with Crippen LogP contribution >= 0.6 is 0 Å². The van der Waals surface area contributed by atoms with E-state index in [9.17, 15) is 13.5 Å². The van der Waals surface area contributed by atoms with Gasteiger partial charge >= 0.3 is 0 Å². The number of hydrogen-bond acceptors (Lipinski definition) is 3. The fourth-order valence-corrected chi connectivity index (χ4v) is 3.37. The Labute approximate surface area is 122 Å². The Morgan fingerprint density at radius 2 is 1.85 bits per heavy atom. The summed E-state index contributed by atoms with van der Waals surface area (Å²) >= 11 is 0. The molecule has 0 aliphatic heterocycles. The van der Waals surface area contributed by atoms with Gasteiger partial charge in [0, 0.05) is 6.54 Å². The van der Waals surface area contributed by atoms with E-state index in [2.05, 4.69) is 4.72 Å². The number of rotatable bonds is 6. The summed E-state index contributed by atoms with van der Waals surface area (Å²) in [5.41, 5.74) is 2.13. The molecule has 0 aromatic heterocycles. The molecule has 0 amide bonds. The van der Waals surface area contributed by atoms with Crippen LogP contribution in [0.15, 0.2) is 17.0 Å². The summed E-state index contributed by atoms with van der Waals surface area (Å²) in [4.78, 5) is 0.258. The molecule has 0 atom stereocenters. The fourth-order valence-electron chi connectivity index (χ4n) is 1.76. The van der Waals surface area contributed by atoms with Crippen LogP contribution in [0.5, 0.6) is 0 Å². The van der Waals surface area contributed by atoms with E-state index in [1.807, 2.05) is 33.8 Å². The molecule has 0 saturated heterocycles. The van der Waals surface area contributed by atoms with Gasteiger partial charge in [-0.25, -0.2) is 13.1 Å². The van der Waals surface area contributed by atoms with Gasteiger partial charge in [-0.2, -0.15) is 0 Å². The first-order valence-corrected chi connectivity index (χ1v) is 8.32. The van der Waals surface area contributed by atoms with E-state index in [0.717, 1.165) is 17.5 Å². The third-order valence-electron chi connectivity index (χ3n) is 3.85. The van der Waals surface area contributed by atoms with Crippen LogP contribution < -0.4 is 4.72 Å². The van der Waals surface area contributed by atoms with E-state index in [1.165, 1.54) is 0 Å². The molecule has 114 valence electrons. The maximum atomic E-state index is 12.4. The highest BCUT2D eigenvalue weighted by Gasteiger charge is 2.23. The van der Waals surface area contributed by atoms with Crippen LogP contribution in [-0.2, 0) is 16.6 Å². The Kier molecular flexibility index (Phi) is 5.35. The molecule has 0 saturated carbocycles. The maximum absolute atomic E-state index is 12.4. The number of nitrogens with one attached hydrogen (secondary N) is 1. The fraction of sp³-hybridized carbons (Fsp3) is 0.600. The Morgan fingerprint density at radius 3 is 2.35 bits per heavy atom. The summed E-state index contributed by atoms with van der Waals surface area (Å²) in [5.74, 6) is 0. The molecule has 5 heteroatoms. The molecule has 0 bridgehead atoms. The number of aryl methyl sites for hydroxylation is 1. The monoisotopic (exact) mass is 299 g/mol. The summed E-state index contributed by atoms with van der Waals surface area (Å²) in [6.07, 6.45) is 0.893. The van der Waals surface area contributed by atoms with Crippen LogP contribution in [0.3, 0.4) is 0 Å². The van der Waals surface area contributed by atoms with Crippen molar-refractivity contribution in [2.24, 2.45) is 5.41 Å². The number of aliphatic hydroxyl groups excluding tert-OH is 1. The average molecular weight is 299 g/mol. The minimum Gasteiger partial charge on any atom is -0.392 e. The average Bonchev–Trinajstić information content (AvgIpc) is 2.39. The van der Waals surface area contributed by atoms with Crippen LogP contribution in [0.25, 0.3) is 0 Å². The minimum atomic E-state index is -3.55. The normalized spacial score (nSPS) is 12.7. The van der Waals surface area contributed by atoms with Crippen LogP contribution in [0, 0.1) is 19.3 Å². The Morgan fingerprint density at radius 1 is 1.25 bits per heavy atom. The molecule has 0 aliphatic rings. The second-order valence-electron chi connectivity index (χ2n) is 6.04. The minimum absolute atomic E-state index is 0.0788. The van der Waals surface area contributed by atoms with Crippen LogP contribution in [0.2, 0.25) is 0 Å². The molecule has 1 rings (SSSR count). The van der Waals surface area contributed by atoms with Gasteiger partial charge in [-0.1, -0.05) is 26.8 Å². The lowest BCUT2D eigenvalue weighted by molar-refractivity contribution is 0.281. The van der Waals surface area contributed by atoms with Gasteiger partial charge in [0.15, 0.2) is 0 Å². The SMILES string of the molecule is CCC(C)(C)CNS(=O)(=O)c1cc(CO)cc(C)c1C. The quantitative estimate of drug-likeness (QED) is 0.848. The molecule has 0 aliphatic carbocycles. The van der Waals surface area contributed by atoms with Crippen molar-refractivity contribution in [2.45, 2.75) is 52.5 Å². The Balaban J connectivity index is 3.13. The zero-order valence-corrected chi connectivity index (χ0v) is 13.8. The van der Waals surface area contributed by atoms with Crippen molar-refractivity contribution in [3.63, 3.8) is 0 Å². The van der Waals surface area contributed by atoms with Gasteiger partial charge in [0.2, 0.25) is 10.0 Å². The van der Waals surface area contributed by atoms with Crippen molar-refractivity contribution in [2.75, 3.05) is 6.54 Å². The van der Waals surface area contributed by atoms with Gasteiger partial charge in [0.1, 0.15) is 0 Å². The van der Waals surface area contributed by atoms with Crippen molar-refractivity contribution in [3.8, 4) is 0 Å². The Bertz CT molecular complexity index is 577. The molecule has 1 aromatic rings. The molecule has 2 N–H and O–H groups in total. The largest absolute Gasteiger partial charge is 0.392 e. The molecule has 0 radical (unpaired) electrons. The first-order chi connectivity index (χ1) is 9.13. The third kappa shape index (κ3) is 4.04. The third-order valence-corrected chi connectivity index (χ3v) is 5.38. The van der Waals surface area contributed by atoms with Gasteiger partial charge in [0.25, 0.3) is 0 Å². The number of hydrogen-bond donors (Lipinski definition) is 2.